The zero-order valence-electron chi connectivity index (χ0n) is 10.2. The molecule has 10 heteroatoms. The fourth-order valence-corrected chi connectivity index (χ4v) is 3.04. The number of sulfonamides is 1. The van der Waals surface area contributed by atoms with Gasteiger partial charge in [-0.2, -0.15) is 4.98 Å². The molecule has 0 aliphatic carbocycles. The Balaban J connectivity index is 2.25. The number of rotatable bonds is 5. The molecule has 2 aromatic rings. The fourth-order valence-electron chi connectivity index (χ4n) is 1.36. The first-order chi connectivity index (χ1) is 9.40. The van der Waals surface area contributed by atoms with Gasteiger partial charge >= 0.3 is 6.01 Å². The number of ether oxygens (including phenoxy) is 1. The number of benzene rings is 1. The predicted molar refractivity (Wildman–Crippen MR) is 74.8 cm³/mol. The van der Waals surface area contributed by atoms with Crippen molar-refractivity contribution >= 4 is 39.2 Å². The van der Waals surface area contributed by atoms with Crippen LogP contribution in [-0.2, 0) is 10.0 Å². The van der Waals surface area contributed by atoms with Crippen LogP contribution in [0.3, 0.4) is 0 Å². The normalized spacial score (nSPS) is 11.3. The molecule has 20 heavy (non-hydrogen) atoms. The number of hydrogen-bond acceptors (Lipinski definition) is 5. The molecule has 2 N–H and O–H groups in total. The largest absolute Gasteiger partial charge is 0.463 e. The van der Waals surface area contributed by atoms with Gasteiger partial charge in [-0.15, -0.1) is 5.10 Å². The molecule has 2 rings (SSSR count). The second-order valence-corrected chi connectivity index (χ2v) is 6.17. The zero-order valence-corrected chi connectivity index (χ0v) is 12.6. The van der Waals surface area contributed by atoms with Crippen molar-refractivity contribution in [2.75, 3.05) is 11.3 Å². The highest BCUT2D eigenvalue weighted by Gasteiger charge is 2.18. The van der Waals surface area contributed by atoms with E-state index >= 15 is 0 Å². The van der Waals surface area contributed by atoms with E-state index in [2.05, 4.69) is 19.9 Å². The van der Waals surface area contributed by atoms with E-state index in [1.165, 1.54) is 18.2 Å². The van der Waals surface area contributed by atoms with E-state index in [0.717, 1.165) is 0 Å². The first-order valence-electron chi connectivity index (χ1n) is 5.45. The Hall–Kier alpha value is -1.51. The summed E-state index contributed by atoms with van der Waals surface area (Å²) >= 11 is 11.5. The standard InChI is InChI=1S/C10H10Cl2N4O3S/c1-2-19-10-13-9(14-15-10)16-20(17,18)8-4-6(11)3-7(12)5-8/h3-5H,2H2,1H3,(H2,13,14,15,16). The molecule has 0 atom stereocenters. The van der Waals surface area contributed by atoms with Crippen LogP contribution in [0.15, 0.2) is 23.1 Å². The number of nitrogens with one attached hydrogen (secondary N) is 2. The molecule has 0 saturated heterocycles. The maximum absolute atomic E-state index is 12.1. The number of aromatic nitrogens is 3. The minimum atomic E-state index is -3.87. The van der Waals surface area contributed by atoms with Crippen LogP contribution < -0.4 is 9.46 Å². The van der Waals surface area contributed by atoms with Gasteiger partial charge < -0.3 is 4.74 Å². The molecule has 7 nitrogen and oxygen atoms in total. The molecule has 0 unspecified atom stereocenters. The van der Waals surface area contributed by atoms with Gasteiger partial charge in [-0.05, 0) is 25.1 Å². The molecule has 1 aromatic carbocycles. The van der Waals surface area contributed by atoms with E-state index in [9.17, 15) is 8.42 Å². The fraction of sp³-hybridized carbons (Fsp3) is 0.200. The Kier molecular flexibility index (Phi) is 4.36. The summed E-state index contributed by atoms with van der Waals surface area (Å²) in [5.41, 5.74) is 0. The van der Waals surface area contributed by atoms with E-state index in [1.807, 2.05) is 0 Å². The van der Waals surface area contributed by atoms with Crippen molar-refractivity contribution in [2.45, 2.75) is 11.8 Å². The van der Waals surface area contributed by atoms with Crippen LogP contribution in [0, 0.1) is 0 Å². The Bertz CT molecular complexity index is 697. The maximum Gasteiger partial charge on any atom is 0.337 e. The minimum Gasteiger partial charge on any atom is -0.463 e. The highest BCUT2D eigenvalue weighted by atomic mass is 35.5. The first-order valence-corrected chi connectivity index (χ1v) is 7.69. The van der Waals surface area contributed by atoms with Gasteiger partial charge in [-0.25, -0.2) is 18.2 Å². The lowest BCUT2D eigenvalue weighted by molar-refractivity contribution is 0.314. The Morgan fingerprint density at radius 1 is 1.30 bits per heavy atom. The number of nitrogens with zero attached hydrogens (tertiary/aromatic N) is 2. The van der Waals surface area contributed by atoms with Gasteiger partial charge in [0.05, 0.1) is 11.5 Å². The topological polar surface area (TPSA) is 97.0 Å². The molecule has 0 radical (unpaired) electrons. The molecule has 1 aromatic heterocycles. The zero-order chi connectivity index (χ0) is 14.8. The average molecular weight is 337 g/mol. The summed E-state index contributed by atoms with van der Waals surface area (Å²) in [6.45, 7) is 2.13. The third-order valence-corrected chi connectivity index (χ3v) is 3.87. The van der Waals surface area contributed by atoms with E-state index in [0.29, 0.717) is 6.61 Å². The molecule has 0 fully saturated rings. The van der Waals surface area contributed by atoms with Gasteiger partial charge in [0.2, 0.25) is 5.95 Å². The highest BCUT2D eigenvalue weighted by Crippen LogP contribution is 2.23. The molecular weight excluding hydrogens is 327 g/mol. The van der Waals surface area contributed by atoms with Crippen LogP contribution in [0.5, 0.6) is 6.01 Å². The average Bonchev–Trinajstić information content (AvgIpc) is 2.75. The summed E-state index contributed by atoms with van der Waals surface area (Å²) in [6.07, 6.45) is 0. The predicted octanol–water partition coefficient (Wildman–Crippen LogP) is 2.31. The number of hydrogen-bond donors (Lipinski definition) is 2. The highest BCUT2D eigenvalue weighted by molar-refractivity contribution is 7.92. The van der Waals surface area contributed by atoms with Crippen molar-refractivity contribution < 1.29 is 13.2 Å². The molecule has 0 saturated carbocycles. The third kappa shape index (κ3) is 3.53. The monoisotopic (exact) mass is 336 g/mol. The number of H-pyrrole nitrogens is 1. The molecule has 0 aliphatic heterocycles. The SMILES string of the molecule is CCOc1n[nH]c(NS(=O)(=O)c2cc(Cl)cc(Cl)c2)n1. The van der Waals surface area contributed by atoms with Gasteiger partial charge in [0.15, 0.2) is 0 Å². The lowest BCUT2D eigenvalue weighted by Crippen LogP contribution is -2.14. The minimum absolute atomic E-state index is 0.0503. The smallest absolute Gasteiger partial charge is 0.337 e. The van der Waals surface area contributed by atoms with Crippen LogP contribution >= 0.6 is 23.2 Å². The van der Waals surface area contributed by atoms with Crippen molar-refractivity contribution in [1.82, 2.24) is 15.2 Å². The van der Waals surface area contributed by atoms with Crippen molar-refractivity contribution in [3.63, 3.8) is 0 Å². The van der Waals surface area contributed by atoms with Crippen LogP contribution in [0.25, 0.3) is 0 Å². The second-order valence-electron chi connectivity index (χ2n) is 3.61. The summed E-state index contributed by atoms with van der Waals surface area (Å²) in [5.74, 6) is -0.0652. The summed E-state index contributed by atoms with van der Waals surface area (Å²) in [5, 5.41) is 6.51. The quantitative estimate of drug-likeness (QED) is 0.873. The summed E-state index contributed by atoms with van der Waals surface area (Å²) < 4.78 is 31.5. The number of halogens is 2. The molecule has 108 valence electrons. The van der Waals surface area contributed by atoms with Gasteiger partial charge in [0.1, 0.15) is 0 Å². The van der Waals surface area contributed by atoms with Crippen molar-refractivity contribution in [3.8, 4) is 6.01 Å². The van der Waals surface area contributed by atoms with Gasteiger partial charge in [0, 0.05) is 10.0 Å². The van der Waals surface area contributed by atoms with E-state index < -0.39 is 10.0 Å². The Morgan fingerprint density at radius 2 is 1.95 bits per heavy atom. The third-order valence-electron chi connectivity index (χ3n) is 2.12. The number of aromatic amines is 1. The van der Waals surface area contributed by atoms with Crippen LogP contribution in [0.2, 0.25) is 10.0 Å². The molecule has 0 bridgehead atoms. The maximum atomic E-state index is 12.1. The number of anilines is 1. The van der Waals surface area contributed by atoms with E-state index in [1.54, 1.807) is 6.92 Å². The lowest BCUT2D eigenvalue weighted by atomic mass is 10.4. The van der Waals surface area contributed by atoms with Gasteiger partial charge in [-0.1, -0.05) is 23.2 Å². The second kappa shape index (κ2) is 5.86. The van der Waals surface area contributed by atoms with Gasteiger partial charge in [0.25, 0.3) is 10.0 Å². The molecular formula is C10H10Cl2N4O3S. The Labute approximate surface area is 125 Å². The lowest BCUT2D eigenvalue weighted by Gasteiger charge is -2.05. The Morgan fingerprint density at radius 3 is 2.55 bits per heavy atom. The first kappa shape index (κ1) is 14.9. The van der Waals surface area contributed by atoms with Crippen LogP contribution in [0.4, 0.5) is 5.95 Å². The van der Waals surface area contributed by atoms with Crippen molar-refractivity contribution in [2.24, 2.45) is 0 Å². The van der Waals surface area contributed by atoms with Crippen LogP contribution in [0.1, 0.15) is 6.92 Å². The molecule has 1 heterocycles. The van der Waals surface area contributed by atoms with Crippen molar-refractivity contribution in [1.29, 1.82) is 0 Å². The van der Waals surface area contributed by atoms with E-state index in [-0.39, 0.29) is 26.9 Å². The molecule has 0 spiro atoms. The molecule has 0 aliphatic rings. The van der Waals surface area contributed by atoms with Crippen LogP contribution in [-0.4, -0.2) is 30.2 Å². The van der Waals surface area contributed by atoms with E-state index in [4.69, 9.17) is 27.9 Å². The summed E-state index contributed by atoms with van der Waals surface area (Å²) in [7, 11) is -3.87. The van der Waals surface area contributed by atoms with Crippen molar-refractivity contribution in [3.05, 3.63) is 28.2 Å². The van der Waals surface area contributed by atoms with Gasteiger partial charge in [-0.3, -0.25) is 0 Å². The summed E-state index contributed by atoms with van der Waals surface area (Å²) in [6, 6.07) is 4.03. The summed E-state index contributed by atoms with van der Waals surface area (Å²) in [4.78, 5) is 3.73. The molecule has 0 amide bonds.